The zero-order valence-electron chi connectivity index (χ0n) is 11.8. The Morgan fingerprint density at radius 1 is 1.19 bits per heavy atom. The molecule has 1 aromatic carbocycles. The van der Waals surface area contributed by atoms with Gasteiger partial charge in [0.25, 0.3) is 5.91 Å². The van der Waals surface area contributed by atoms with Gasteiger partial charge in [0.1, 0.15) is 9.84 Å². The van der Waals surface area contributed by atoms with Gasteiger partial charge in [-0.15, -0.1) is 0 Å². The molecule has 0 aromatic heterocycles. The second-order valence-corrected chi connectivity index (χ2v) is 9.18. The van der Waals surface area contributed by atoms with E-state index >= 15 is 0 Å². The lowest BCUT2D eigenvalue weighted by Crippen LogP contribution is -2.49. The average Bonchev–Trinajstić information content (AvgIpc) is 2.67. The van der Waals surface area contributed by atoms with E-state index in [1.165, 1.54) is 6.26 Å². The number of benzene rings is 1. The van der Waals surface area contributed by atoms with Gasteiger partial charge in [0, 0.05) is 22.8 Å². The topological polar surface area (TPSA) is 54.5 Å². The third-order valence-corrected chi connectivity index (χ3v) is 6.92. The van der Waals surface area contributed by atoms with Crippen molar-refractivity contribution in [2.75, 3.05) is 6.26 Å². The summed E-state index contributed by atoms with van der Waals surface area (Å²) in [4.78, 5) is 14.7. The van der Waals surface area contributed by atoms with Crippen molar-refractivity contribution in [3.05, 3.63) is 34.3 Å². The van der Waals surface area contributed by atoms with E-state index < -0.39 is 9.84 Å². The van der Waals surface area contributed by atoms with Gasteiger partial charge in [-0.05, 0) is 53.7 Å². The van der Waals surface area contributed by atoms with Crippen LogP contribution in [0.1, 0.15) is 36.0 Å². The molecule has 0 N–H and O–H groups in total. The third-order valence-electron chi connectivity index (χ3n) is 4.63. The summed E-state index contributed by atoms with van der Waals surface area (Å²) in [6.07, 6.45) is 4.28. The fourth-order valence-electron chi connectivity index (χ4n) is 3.58. The molecule has 2 unspecified atom stereocenters. The standard InChI is InChI=1S/C15H18BrNO3S/c1-21(19,20)12-8-10-6-7-11(9-12)17(10)15(18)13-4-2-3-5-14(13)16/h2-5,10-12H,6-9H2,1H3. The molecule has 2 aliphatic heterocycles. The van der Waals surface area contributed by atoms with E-state index in [0.717, 1.165) is 17.3 Å². The van der Waals surface area contributed by atoms with Gasteiger partial charge in [0.05, 0.1) is 10.8 Å². The molecule has 2 heterocycles. The molecule has 2 aliphatic rings. The molecule has 1 amide bonds. The summed E-state index contributed by atoms with van der Waals surface area (Å²) in [5.41, 5.74) is 0.659. The molecule has 0 saturated carbocycles. The molecule has 0 radical (unpaired) electrons. The van der Waals surface area contributed by atoms with Crippen molar-refractivity contribution in [3.8, 4) is 0 Å². The van der Waals surface area contributed by atoms with Crippen molar-refractivity contribution in [3.63, 3.8) is 0 Å². The lowest BCUT2D eigenvalue weighted by atomic mass is 10.0. The molecule has 0 spiro atoms. The van der Waals surface area contributed by atoms with Gasteiger partial charge in [-0.1, -0.05) is 12.1 Å². The van der Waals surface area contributed by atoms with Crippen LogP contribution in [0.15, 0.2) is 28.7 Å². The number of hydrogen-bond acceptors (Lipinski definition) is 3. The molecule has 4 nitrogen and oxygen atoms in total. The first-order chi connectivity index (χ1) is 9.88. The number of fused-ring (bicyclic) bond motifs is 2. The van der Waals surface area contributed by atoms with E-state index in [0.29, 0.717) is 18.4 Å². The fourth-order valence-corrected chi connectivity index (χ4v) is 5.18. The number of hydrogen-bond donors (Lipinski definition) is 0. The first kappa shape index (κ1) is 15.0. The van der Waals surface area contributed by atoms with Gasteiger partial charge in [0.2, 0.25) is 0 Å². The number of nitrogens with zero attached hydrogens (tertiary/aromatic N) is 1. The van der Waals surface area contributed by atoms with Crippen LogP contribution in [0, 0.1) is 0 Å². The molecule has 0 aliphatic carbocycles. The Hall–Kier alpha value is -0.880. The van der Waals surface area contributed by atoms with Crippen LogP contribution in [0.25, 0.3) is 0 Å². The van der Waals surface area contributed by atoms with Gasteiger partial charge in [-0.2, -0.15) is 0 Å². The maximum atomic E-state index is 12.8. The molecule has 114 valence electrons. The zero-order chi connectivity index (χ0) is 15.2. The molecule has 1 aromatic rings. The highest BCUT2D eigenvalue weighted by Crippen LogP contribution is 2.39. The number of halogens is 1. The first-order valence-corrected chi connectivity index (χ1v) is 9.88. The Labute approximate surface area is 133 Å². The van der Waals surface area contributed by atoms with E-state index in [1.807, 2.05) is 29.2 Å². The number of carbonyl (C=O) groups excluding carboxylic acids is 1. The second kappa shape index (κ2) is 5.39. The van der Waals surface area contributed by atoms with Crippen LogP contribution in [0.3, 0.4) is 0 Å². The van der Waals surface area contributed by atoms with E-state index in [2.05, 4.69) is 15.9 Å². The van der Waals surface area contributed by atoms with Gasteiger partial charge < -0.3 is 4.90 Å². The van der Waals surface area contributed by atoms with Crippen molar-refractivity contribution >= 4 is 31.7 Å². The van der Waals surface area contributed by atoms with Crippen LogP contribution in [-0.2, 0) is 9.84 Å². The van der Waals surface area contributed by atoms with Crippen molar-refractivity contribution in [1.82, 2.24) is 4.90 Å². The highest BCUT2D eigenvalue weighted by atomic mass is 79.9. The summed E-state index contributed by atoms with van der Waals surface area (Å²) < 4.78 is 24.4. The van der Waals surface area contributed by atoms with Crippen LogP contribution in [-0.4, -0.2) is 42.8 Å². The highest BCUT2D eigenvalue weighted by Gasteiger charge is 2.46. The maximum Gasteiger partial charge on any atom is 0.255 e. The predicted octanol–water partition coefficient (Wildman–Crippen LogP) is 2.63. The lowest BCUT2D eigenvalue weighted by Gasteiger charge is -2.38. The molecule has 2 fully saturated rings. The van der Waals surface area contributed by atoms with Crippen LogP contribution in [0.2, 0.25) is 0 Å². The molecule has 21 heavy (non-hydrogen) atoms. The van der Waals surface area contributed by atoms with E-state index in [4.69, 9.17) is 0 Å². The van der Waals surface area contributed by atoms with Crippen molar-refractivity contribution in [1.29, 1.82) is 0 Å². The predicted molar refractivity (Wildman–Crippen MR) is 85.0 cm³/mol. The number of rotatable bonds is 2. The second-order valence-electron chi connectivity index (χ2n) is 6.00. The number of amides is 1. The normalized spacial score (nSPS) is 28.7. The summed E-state index contributed by atoms with van der Waals surface area (Å²) in [6, 6.07) is 7.52. The van der Waals surface area contributed by atoms with E-state index in [1.54, 1.807) is 0 Å². The minimum Gasteiger partial charge on any atom is -0.333 e. The Kier molecular flexibility index (Phi) is 3.86. The van der Waals surface area contributed by atoms with E-state index in [-0.39, 0.29) is 23.2 Å². The van der Waals surface area contributed by atoms with Crippen LogP contribution in [0.5, 0.6) is 0 Å². The summed E-state index contributed by atoms with van der Waals surface area (Å²) in [6.45, 7) is 0. The summed E-state index contributed by atoms with van der Waals surface area (Å²) in [5, 5.41) is -0.293. The number of piperidine rings is 1. The van der Waals surface area contributed by atoms with Crippen LogP contribution in [0.4, 0.5) is 0 Å². The zero-order valence-corrected chi connectivity index (χ0v) is 14.2. The lowest BCUT2D eigenvalue weighted by molar-refractivity contribution is 0.0597. The maximum absolute atomic E-state index is 12.8. The molecule has 6 heteroatoms. The highest BCUT2D eigenvalue weighted by molar-refractivity contribution is 9.10. The first-order valence-electron chi connectivity index (χ1n) is 7.14. The minimum atomic E-state index is -3.02. The summed E-state index contributed by atoms with van der Waals surface area (Å²) >= 11 is 3.42. The number of sulfone groups is 1. The monoisotopic (exact) mass is 371 g/mol. The smallest absolute Gasteiger partial charge is 0.255 e. The van der Waals surface area contributed by atoms with Gasteiger partial charge in [-0.25, -0.2) is 8.42 Å². The van der Waals surface area contributed by atoms with Crippen molar-refractivity contribution < 1.29 is 13.2 Å². The van der Waals surface area contributed by atoms with Gasteiger partial charge >= 0.3 is 0 Å². The summed E-state index contributed by atoms with van der Waals surface area (Å²) in [5.74, 6) is 0.0157. The van der Waals surface area contributed by atoms with Crippen molar-refractivity contribution in [2.45, 2.75) is 43.0 Å². The molecular formula is C15H18BrNO3S. The quantitative estimate of drug-likeness (QED) is 0.802. The average molecular weight is 372 g/mol. The van der Waals surface area contributed by atoms with E-state index in [9.17, 15) is 13.2 Å². The number of carbonyl (C=O) groups is 1. The Morgan fingerprint density at radius 3 is 2.29 bits per heavy atom. The molecule has 2 atom stereocenters. The molecular weight excluding hydrogens is 354 g/mol. The molecule has 3 rings (SSSR count). The molecule has 2 saturated heterocycles. The largest absolute Gasteiger partial charge is 0.333 e. The summed E-state index contributed by atoms with van der Waals surface area (Å²) in [7, 11) is -3.02. The Morgan fingerprint density at radius 2 is 1.76 bits per heavy atom. The van der Waals surface area contributed by atoms with Gasteiger partial charge in [0.15, 0.2) is 0 Å². The van der Waals surface area contributed by atoms with Crippen molar-refractivity contribution in [2.24, 2.45) is 0 Å². The van der Waals surface area contributed by atoms with Gasteiger partial charge in [-0.3, -0.25) is 4.79 Å². The Balaban J connectivity index is 1.86. The van der Waals surface area contributed by atoms with Crippen LogP contribution < -0.4 is 0 Å². The fraction of sp³-hybridized carbons (Fsp3) is 0.533. The molecule has 2 bridgehead atoms. The van der Waals surface area contributed by atoms with Crippen LogP contribution >= 0.6 is 15.9 Å². The third kappa shape index (κ3) is 2.75. The SMILES string of the molecule is CS(=O)(=O)C1CC2CCC(C1)N2C(=O)c1ccccc1Br. The minimum absolute atomic E-state index is 0.0157. The Bertz CT molecular complexity index is 659.